The monoisotopic (exact) mass is 1880 g/mol. The van der Waals surface area contributed by atoms with Gasteiger partial charge in [0, 0.05) is 103 Å². The number of halogens is 9. The fourth-order valence-electron chi connectivity index (χ4n) is 15.9. The zero-order chi connectivity index (χ0) is 98.0. The predicted molar refractivity (Wildman–Crippen MR) is 487 cm³/mol. The van der Waals surface area contributed by atoms with E-state index in [2.05, 4.69) is 47.0 Å². The summed E-state index contributed by atoms with van der Waals surface area (Å²) in [4.78, 5) is 98.1. The Kier molecular flexibility index (Phi) is 30.0. The Hall–Kier alpha value is -15.2. The number of primary amides is 4. The fourth-order valence-corrected chi connectivity index (χ4v) is 15.9. The summed E-state index contributed by atoms with van der Waals surface area (Å²) in [5, 5.41) is 30.6. The lowest BCUT2D eigenvalue weighted by Crippen LogP contribution is -2.40. The third kappa shape index (κ3) is 22.6. The largest absolute Gasteiger partial charge is 0.383 e. The molecule has 8 aromatic carbocycles. The molecule has 0 spiro atoms. The van der Waals surface area contributed by atoms with E-state index in [4.69, 9.17) is 60.1 Å². The minimum Gasteiger partial charge on any atom is -0.383 e. The summed E-state index contributed by atoms with van der Waals surface area (Å²) < 4.78 is 146. The highest BCUT2D eigenvalue weighted by molar-refractivity contribution is 6.06. The van der Waals surface area contributed by atoms with Crippen molar-refractivity contribution in [1.82, 2.24) is 65.7 Å². The van der Waals surface area contributed by atoms with Gasteiger partial charge in [0.15, 0.2) is 0 Å². The molecule has 12 aromatic rings. The molecule has 0 bridgehead atoms. The Morgan fingerprint density at radius 2 is 0.684 bits per heavy atom. The van der Waals surface area contributed by atoms with Gasteiger partial charge in [0.05, 0.1) is 45.1 Å². The number of nitrogens with zero attached hydrogens (tertiary/aromatic N) is 8. The van der Waals surface area contributed by atoms with Gasteiger partial charge in [0.1, 0.15) is 92.8 Å². The third-order valence-electron chi connectivity index (χ3n) is 23.3. The summed E-state index contributed by atoms with van der Waals surface area (Å²) in [6, 6.07) is 45.7. The average Bonchev–Trinajstić information content (AvgIpc) is 1.58. The second kappa shape index (κ2) is 41.5. The summed E-state index contributed by atoms with van der Waals surface area (Å²) in [5.74, 6) is -14.7. The van der Waals surface area contributed by atoms with Crippen LogP contribution in [0, 0.1) is 33.5 Å². The van der Waals surface area contributed by atoms with Crippen LogP contribution in [0.3, 0.4) is 0 Å². The van der Waals surface area contributed by atoms with E-state index >= 15 is 0 Å². The van der Waals surface area contributed by atoms with Gasteiger partial charge in [-0.2, -0.15) is 29.2 Å². The number of anilines is 4. The molecule has 8 amide bonds. The first-order valence-electron chi connectivity index (χ1n) is 42.7. The molecule has 0 saturated carbocycles. The molecule has 8 heterocycles. The molecule has 4 fully saturated rings. The number of aryl methyl sites for hydroxylation is 4. The highest BCUT2D eigenvalue weighted by Crippen LogP contribution is 2.44. The van der Waals surface area contributed by atoms with E-state index in [0.29, 0.717) is 63.2 Å². The molecule has 136 heavy (non-hydrogen) atoms. The molecule has 4 aromatic heterocycles. The second-order valence-corrected chi connectivity index (χ2v) is 33.0. The summed E-state index contributed by atoms with van der Waals surface area (Å²) in [5.41, 5.74) is 57.0. The normalized spacial score (nSPS) is 17.2. The van der Waals surface area contributed by atoms with Crippen molar-refractivity contribution >= 4 is 70.5 Å². The molecule has 0 radical (unpaired) electrons. The lowest BCUT2D eigenvalue weighted by molar-refractivity contribution is -0.136. The van der Waals surface area contributed by atoms with Crippen molar-refractivity contribution in [1.29, 1.82) is 0 Å². The van der Waals surface area contributed by atoms with Gasteiger partial charge < -0.3 is 81.3 Å². The zero-order valence-corrected chi connectivity index (χ0v) is 73.9. The number of benzene rings is 8. The summed E-state index contributed by atoms with van der Waals surface area (Å²) in [6.07, 6.45) is -1.96. The van der Waals surface area contributed by atoms with Crippen molar-refractivity contribution in [3.05, 3.63) is 283 Å². The van der Waals surface area contributed by atoms with Crippen molar-refractivity contribution < 1.29 is 92.1 Å². The quantitative estimate of drug-likeness (QED) is 0.0197. The first-order chi connectivity index (χ1) is 64.6. The van der Waals surface area contributed by atoms with Crippen molar-refractivity contribution in [3.8, 4) is 45.0 Å². The molecular formula is C95H98F9N21O11. The molecule has 41 heteroatoms. The van der Waals surface area contributed by atoms with E-state index in [0.717, 1.165) is 42.7 Å². The maximum atomic E-state index is 14.5. The molecule has 0 aliphatic carbocycles. The number of alkyl halides is 8. The van der Waals surface area contributed by atoms with E-state index in [1.165, 1.54) is 27.6 Å². The number of rotatable bonds is 24. The highest BCUT2D eigenvalue weighted by atomic mass is 19.3. The topological polar surface area (TPSA) is 504 Å². The van der Waals surface area contributed by atoms with Crippen LogP contribution in [0.5, 0.6) is 0 Å². The molecular weight excluding hydrogens is 1780 g/mol. The number of amides is 8. The maximum absolute atomic E-state index is 14.5. The molecule has 4 saturated heterocycles. The van der Waals surface area contributed by atoms with Crippen LogP contribution in [-0.2, 0) is 40.4 Å². The van der Waals surface area contributed by atoms with Gasteiger partial charge >= 0.3 is 6.05 Å². The van der Waals surface area contributed by atoms with Gasteiger partial charge in [-0.15, -0.1) is 0 Å². The van der Waals surface area contributed by atoms with Crippen LogP contribution in [0.1, 0.15) is 177 Å². The zero-order valence-electron chi connectivity index (χ0n) is 73.9. The number of carbonyl (C=O) groups is 8. The minimum absolute atomic E-state index is 0.00135. The minimum atomic E-state index is -3.12. The van der Waals surface area contributed by atoms with Crippen molar-refractivity contribution in [3.63, 3.8) is 0 Å². The van der Waals surface area contributed by atoms with Gasteiger partial charge in [-0.05, 0) is 103 Å². The number of carbonyl (C=O) groups excluding carboxylic acids is 8. The van der Waals surface area contributed by atoms with Gasteiger partial charge in [-0.25, -0.2) is 49.5 Å². The lowest BCUT2D eigenvalue weighted by Gasteiger charge is -2.31. The standard InChI is InChI=1S/C24H24F3N5O3.2C24H25F2N5O3.C23H24F2N6O2/c1-13-2-7-16(25)10-17(13)23(34)30-11-14-3-5-15(6-4-14)20-19(22(29)33)21(28)32(31-20)18-12-35-9-8-24(18,26)27;1-14-4-2-3-5-18(14)23(33)29-11-15-6-8-16(9-7-15)20-19(22(28)32)21(27)31(30-20)17-10-24(25,26)13-34-12-17;1-14-4-2-3-5-17(14)23(33)29-12-15-6-8-16(9-7-15)20-19(22(28)32)21(27)31(30-20)18-13-34-11-10-24(18,25)26;1-13-4-2-3-5-17(13)22(33)28-11-14-6-8-15(9-7-14)19-18(21(27)32)20(26)31(30-19)16-10-23(24,25)29-12-16/h2-7,10,18H,8-9,11-12,28H2,1H3,(H2,29,33)(H,30,34);2-9,17H,10-13,27H2,1H3,(H2,28,32)(H,29,33);2-9,18H,10-13,27H2,1H3,(H2,28,32)(H,29,33);2-9,16,29H,10-12,26H2,1H3,(H2,27,32)(H,28,33). The molecule has 4 aliphatic heterocycles. The number of nitrogens with two attached hydrogens (primary N) is 8. The third-order valence-corrected chi connectivity index (χ3v) is 23.3. The van der Waals surface area contributed by atoms with E-state index in [-0.39, 0.29) is 144 Å². The van der Waals surface area contributed by atoms with Gasteiger partial charge in [-0.3, -0.25) is 43.7 Å². The number of hydrogen-bond acceptors (Lipinski definition) is 20. The number of nitrogens with one attached hydrogen (secondary N) is 5. The Balaban J connectivity index is 0.000000153. The van der Waals surface area contributed by atoms with E-state index in [9.17, 15) is 77.9 Å². The highest BCUT2D eigenvalue weighted by Gasteiger charge is 2.48. The van der Waals surface area contributed by atoms with Crippen LogP contribution in [0.4, 0.5) is 62.8 Å². The van der Waals surface area contributed by atoms with Crippen LogP contribution < -0.4 is 72.5 Å². The SMILES string of the molecule is Cc1ccc(F)cc1C(=O)NCc1ccc(-c2nn(C3COCCC3(F)F)c(N)c2C(N)=O)cc1.Cc1ccccc1C(=O)NCc1ccc(-c2nn(C3CNC(F)(F)C3)c(N)c2C(N)=O)cc1.Cc1ccccc1C(=O)NCc1ccc(-c2nn(C3COCC(F)(F)C3)c(N)c2C(N)=O)cc1.Cc1ccccc1C(=O)NCc1ccc(-c2nn(C3COCCC3(F)F)c(N)c2C(N)=O)cc1. The van der Waals surface area contributed by atoms with E-state index in [1.807, 2.05) is 57.2 Å². The summed E-state index contributed by atoms with van der Waals surface area (Å²) >= 11 is 0. The molecule has 32 nitrogen and oxygen atoms in total. The maximum Gasteiger partial charge on any atom is 0.304 e. The van der Waals surface area contributed by atoms with Crippen molar-refractivity contribution in [2.75, 3.05) is 69.1 Å². The van der Waals surface area contributed by atoms with Crippen LogP contribution in [0.25, 0.3) is 45.0 Å². The lowest BCUT2D eigenvalue weighted by atomic mass is 10.0. The average molecular weight is 1880 g/mol. The van der Waals surface area contributed by atoms with Crippen LogP contribution in [0.2, 0.25) is 0 Å². The molecule has 4 unspecified atom stereocenters. The van der Waals surface area contributed by atoms with Crippen LogP contribution in [-0.4, -0.2) is 156 Å². The predicted octanol–water partition coefficient (Wildman–Crippen LogP) is 11.9. The van der Waals surface area contributed by atoms with Gasteiger partial charge in [0.25, 0.3) is 65.0 Å². The second-order valence-electron chi connectivity index (χ2n) is 33.0. The van der Waals surface area contributed by atoms with Crippen LogP contribution >= 0.6 is 0 Å². The van der Waals surface area contributed by atoms with E-state index < -0.39 is 116 Å². The molecule has 16 rings (SSSR count). The smallest absolute Gasteiger partial charge is 0.304 e. The Morgan fingerprint density at radius 3 is 0.985 bits per heavy atom. The first kappa shape index (κ1) is 98.3. The van der Waals surface area contributed by atoms with E-state index in [1.54, 1.807) is 140 Å². The Labute approximate surface area is 772 Å². The summed E-state index contributed by atoms with van der Waals surface area (Å²) in [7, 11) is 0. The first-order valence-corrected chi connectivity index (χ1v) is 42.7. The molecule has 21 N–H and O–H groups in total. The van der Waals surface area contributed by atoms with Gasteiger partial charge in [0.2, 0.25) is 0 Å². The molecule has 712 valence electrons. The van der Waals surface area contributed by atoms with Gasteiger partial charge in [-0.1, -0.05) is 158 Å². The fraction of sp³-hybridized carbons (Fsp3) is 0.284. The Morgan fingerprint density at radius 1 is 0.382 bits per heavy atom. The number of hydrogen-bond donors (Lipinski definition) is 13. The number of nitrogen functional groups attached to an aromatic ring is 4. The summed E-state index contributed by atoms with van der Waals surface area (Å²) in [6.45, 7) is 6.89. The molecule has 4 aliphatic rings. The van der Waals surface area contributed by atoms with Crippen molar-refractivity contribution in [2.24, 2.45) is 22.9 Å². The van der Waals surface area contributed by atoms with Crippen LogP contribution in [0.15, 0.2) is 188 Å². The molecule has 4 atom stereocenters. The van der Waals surface area contributed by atoms with Crippen molar-refractivity contribution in [2.45, 2.75) is 128 Å². The number of ether oxygens (including phenoxy) is 3. The number of aromatic nitrogens is 8. The Bertz CT molecular complexity index is 6470.